The van der Waals surface area contributed by atoms with Crippen molar-refractivity contribution in [2.45, 2.75) is 38.1 Å². The number of carboxylic acid groups (broad SMARTS) is 1. The maximum atomic E-state index is 12.7. The lowest BCUT2D eigenvalue weighted by molar-refractivity contribution is -0.228. The van der Waals surface area contributed by atoms with Crippen LogP contribution in [0.2, 0.25) is 5.02 Å². The zero-order chi connectivity index (χ0) is 21.6. The lowest BCUT2D eigenvalue weighted by Crippen LogP contribution is -2.55. The SMILES string of the molecule is O=C(O)C1CCC1C(=O)N1CCC2(CC1)OCc1cc(-c3ccc(Cl)cc3)ccc1O2. The molecule has 31 heavy (non-hydrogen) atoms. The van der Waals surface area contributed by atoms with Crippen LogP contribution in [0.5, 0.6) is 5.75 Å². The summed E-state index contributed by atoms with van der Waals surface area (Å²) in [4.78, 5) is 25.8. The first kappa shape index (κ1) is 20.3. The number of likely N-dealkylation sites (tertiary alicyclic amines) is 1. The average molecular weight is 442 g/mol. The van der Waals surface area contributed by atoms with Crippen LogP contribution in [0, 0.1) is 11.8 Å². The summed E-state index contributed by atoms with van der Waals surface area (Å²) in [5.74, 6) is -1.74. The van der Waals surface area contributed by atoms with E-state index in [-0.39, 0.29) is 11.8 Å². The van der Waals surface area contributed by atoms with Gasteiger partial charge in [0.05, 0.1) is 18.4 Å². The van der Waals surface area contributed by atoms with E-state index in [0.29, 0.717) is 50.4 Å². The number of hydrogen-bond acceptors (Lipinski definition) is 4. The lowest BCUT2D eigenvalue weighted by atomic mass is 9.72. The molecule has 0 radical (unpaired) electrons. The molecule has 1 saturated heterocycles. The first-order valence-electron chi connectivity index (χ1n) is 10.7. The van der Waals surface area contributed by atoms with Gasteiger partial charge in [-0.25, -0.2) is 0 Å². The molecule has 3 aliphatic rings. The zero-order valence-electron chi connectivity index (χ0n) is 17.1. The molecule has 1 aliphatic carbocycles. The normalized spacial score (nSPS) is 24.1. The molecule has 5 rings (SSSR count). The molecule has 0 aromatic heterocycles. The van der Waals surface area contributed by atoms with Crippen LogP contribution in [-0.4, -0.2) is 40.8 Å². The fourth-order valence-corrected chi connectivity index (χ4v) is 4.82. The van der Waals surface area contributed by atoms with Crippen molar-refractivity contribution in [2.24, 2.45) is 11.8 Å². The van der Waals surface area contributed by atoms with Crippen molar-refractivity contribution in [1.82, 2.24) is 4.90 Å². The van der Waals surface area contributed by atoms with Crippen LogP contribution in [0.3, 0.4) is 0 Å². The van der Waals surface area contributed by atoms with Crippen molar-refractivity contribution in [3.63, 3.8) is 0 Å². The minimum atomic E-state index is -0.869. The van der Waals surface area contributed by atoms with E-state index < -0.39 is 17.7 Å². The highest BCUT2D eigenvalue weighted by Gasteiger charge is 2.47. The Labute approximate surface area is 185 Å². The summed E-state index contributed by atoms with van der Waals surface area (Å²) in [5, 5.41) is 9.93. The number of benzene rings is 2. The number of ether oxygens (including phenoxy) is 2. The van der Waals surface area contributed by atoms with Crippen LogP contribution in [0.25, 0.3) is 11.1 Å². The van der Waals surface area contributed by atoms with Gasteiger partial charge in [-0.3, -0.25) is 9.59 Å². The predicted octanol–water partition coefficient (Wildman–Crippen LogP) is 4.35. The molecule has 2 heterocycles. The van der Waals surface area contributed by atoms with Gasteiger partial charge in [-0.15, -0.1) is 0 Å². The van der Waals surface area contributed by atoms with E-state index in [1.165, 1.54) is 0 Å². The molecule has 1 spiro atoms. The first-order chi connectivity index (χ1) is 14.9. The van der Waals surface area contributed by atoms with Gasteiger partial charge in [0.1, 0.15) is 5.75 Å². The highest BCUT2D eigenvalue weighted by molar-refractivity contribution is 6.30. The fraction of sp³-hybridized carbons (Fsp3) is 0.417. The quantitative estimate of drug-likeness (QED) is 0.766. The number of carbonyl (C=O) groups excluding carboxylic acids is 1. The molecular formula is C24H24ClNO5. The number of fused-ring (bicyclic) bond motifs is 1. The Balaban J connectivity index is 1.24. The number of aliphatic carboxylic acids is 1. The number of amides is 1. The van der Waals surface area contributed by atoms with Gasteiger partial charge in [0, 0.05) is 36.5 Å². The summed E-state index contributed by atoms with van der Waals surface area (Å²) in [6.07, 6.45) is 2.39. The van der Waals surface area contributed by atoms with Crippen LogP contribution in [0.4, 0.5) is 0 Å². The summed E-state index contributed by atoms with van der Waals surface area (Å²) in [7, 11) is 0. The van der Waals surface area contributed by atoms with Gasteiger partial charge in [-0.05, 0) is 48.2 Å². The fourth-order valence-electron chi connectivity index (χ4n) is 4.69. The van der Waals surface area contributed by atoms with Gasteiger partial charge in [0.15, 0.2) is 0 Å². The molecule has 1 amide bonds. The number of halogens is 1. The highest BCUT2D eigenvalue weighted by Crippen LogP contribution is 2.41. The zero-order valence-corrected chi connectivity index (χ0v) is 17.8. The minimum absolute atomic E-state index is 0.0442. The molecule has 2 aromatic rings. The van der Waals surface area contributed by atoms with E-state index in [2.05, 4.69) is 6.07 Å². The van der Waals surface area contributed by atoms with E-state index in [1.54, 1.807) is 4.90 Å². The van der Waals surface area contributed by atoms with Crippen LogP contribution in [0.15, 0.2) is 42.5 Å². The van der Waals surface area contributed by atoms with Gasteiger partial charge in [-0.1, -0.05) is 29.8 Å². The summed E-state index contributed by atoms with van der Waals surface area (Å²) in [6, 6.07) is 13.8. The van der Waals surface area contributed by atoms with Crippen molar-refractivity contribution < 1.29 is 24.2 Å². The first-order valence-corrected chi connectivity index (χ1v) is 11.1. The van der Waals surface area contributed by atoms with Gasteiger partial charge in [-0.2, -0.15) is 0 Å². The molecule has 2 atom stereocenters. The van der Waals surface area contributed by atoms with Gasteiger partial charge < -0.3 is 19.5 Å². The van der Waals surface area contributed by atoms with Gasteiger partial charge >= 0.3 is 5.97 Å². The van der Waals surface area contributed by atoms with Crippen molar-refractivity contribution in [3.8, 4) is 16.9 Å². The number of piperidine rings is 1. The maximum Gasteiger partial charge on any atom is 0.307 e. The Kier molecular flexibility index (Phi) is 5.15. The molecule has 2 fully saturated rings. The van der Waals surface area contributed by atoms with Gasteiger partial charge in [0.25, 0.3) is 0 Å². The molecule has 2 aliphatic heterocycles. The Morgan fingerprint density at radius 1 is 1.00 bits per heavy atom. The number of carbonyl (C=O) groups is 2. The van der Waals surface area contributed by atoms with Crippen LogP contribution in [0.1, 0.15) is 31.2 Å². The van der Waals surface area contributed by atoms with Crippen molar-refractivity contribution in [3.05, 3.63) is 53.1 Å². The van der Waals surface area contributed by atoms with E-state index in [4.69, 9.17) is 21.1 Å². The molecule has 162 valence electrons. The molecule has 1 N–H and O–H groups in total. The van der Waals surface area contributed by atoms with Crippen molar-refractivity contribution in [2.75, 3.05) is 13.1 Å². The van der Waals surface area contributed by atoms with Crippen LogP contribution < -0.4 is 4.74 Å². The molecule has 2 unspecified atom stereocenters. The minimum Gasteiger partial charge on any atom is -0.481 e. The summed E-state index contributed by atoms with van der Waals surface area (Å²) in [6.45, 7) is 1.48. The molecule has 0 bridgehead atoms. The third-order valence-electron chi connectivity index (χ3n) is 6.77. The predicted molar refractivity (Wildman–Crippen MR) is 115 cm³/mol. The molecular weight excluding hydrogens is 418 g/mol. The second-order valence-electron chi connectivity index (χ2n) is 8.58. The summed E-state index contributed by atoms with van der Waals surface area (Å²) in [5.41, 5.74) is 3.15. The Morgan fingerprint density at radius 3 is 2.32 bits per heavy atom. The molecule has 1 saturated carbocycles. The number of hydrogen-bond donors (Lipinski definition) is 1. The smallest absolute Gasteiger partial charge is 0.307 e. The molecule has 6 nitrogen and oxygen atoms in total. The van der Waals surface area contributed by atoms with Crippen LogP contribution >= 0.6 is 11.6 Å². The van der Waals surface area contributed by atoms with E-state index in [1.807, 2.05) is 36.4 Å². The van der Waals surface area contributed by atoms with E-state index in [0.717, 1.165) is 22.4 Å². The number of nitrogens with zero attached hydrogens (tertiary/aromatic N) is 1. The average Bonchev–Trinajstić information content (AvgIpc) is 2.73. The van der Waals surface area contributed by atoms with Gasteiger partial charge in [0.2, 0.25) is 11.7 Å². The number of rotatable bonds is 3. The largest absolute Gasteiger partial charge is 0.481 e. The lowest BCUT2D eigenvalue weighted by Gasteiger charge is -2.45. The third kappa shape index (κ3) is 3.79. The van der Waals surface area contributed by atoms with E-state index in [9.17, 15) is 14.7 Å². The van der Waals surface area contributed by atoms with E-state index >= 15 is 0 Å². The second-order valence-corrected chi connectivity index (χ2v) is 9.02. The Morgan fingerprint density at radius 2 is 1.68 bits per heavy atom. The summed E-state index contributed by atoms with van der Waals surface area (Å²) < 4.78 is 12.4. The third-order valence-corrected chi connectivity index (χ3v) is 7.02. The second kappa shape index (κ2) is 7.84. The maximum absolute atomic E-state index is 12.7. The molecule has 7 heteroatoms. The van der Waals surface area contributed by atoms with Crippen molar-refractivity contribution in [1.29, 1.82) is 0 Å². The van der Waals surface area contributed by atoms with Crippen LogP contribution in [-0.2, 0) is 20.9 Å². The topological polar surface area (TPSA) is 76.1 Å². The Hall–Kier alpha value is -2.57. The Bertz CT molecular complexity index is 1010. The summed E-state index contributed by atoms with van der Waals surface area (Å²) >= 11 is 5.99. The monoisotopic (exact) mass is 441 g/mol. The van der Waals surface area contributed by atoms with Crippen molar-refractivity contribution >= 4 is 23.5 Å². The standard InChI is InChI=1S/C24H24ClNO5/c25-18-4-1-15(2-5-18)16-3-8-21-17(13-16)14-30-24(31-21)9-11-26(12-10-24)22(27)19-6-7-20(19)23(28)29/h1-5,8,13,19-20H,6-7,9-12,14H2,(H,28,29). The molecule has 2 aromatic carbocycles. The highest BCUT2D eigenvalue weighted by atomic mass is 35.5. The number of carboxylic acids is 1.